The van der Waals surface area contributed by atoms with Crippen molar-refractivity contribution in [2.75, 3.05) is 26.2 Å². The van der Waals surface area contributed by atoms with Crippen LogP contribution >= 0.6 is 0 Å². The molecule has 1 aromatic rings. The number of halogens is 3. The molecule has 1 fully saturated rings. The van der Waals surface area contributed by atoms with E-state index in [1.165, 1.54) is 4.90 Å². The zero-order chi connectivity index (χ0) is 16.2. The molecular formula is C15H20F3N3O. The van der Waals surface area contributed by atoms with Crippen molar-refractivity contribution in [3.05, 3.63) is 35.4 Å². The van der Waals surface area contributed by atoms with Gasteiger partial charge in [0.15, 0.2) is 0 Å². The minimum atomic E-state index is -4.16. The Labute approximate surface area is 127 Å². The minimum Gasteiger partial charge on any atom is -0.352 e. The third-order valence-corrected chi connectivity index (χ3v) is 3.78. The SMILES string of the molecule is NCc1ccc(C(=O)NCC2CCN(CC(F)(F)F)C2)cc1. The second kappa shape index (κ2) is 7.11. The second-order valence-corrected chi connectivity index (χ2v) is 5.62. The molecule has 22 heavy (non-hydrogen) atoms. The van der Waals surface area contributed by atoms with Crippen LogP contribution in [-0.2, 0) is 6.54 Å². The van der Waals surface area contributed by atoms with Gasteiger partial charge in [-0.3, -0.25) is 9.69 Å². The molecule has 1 unspecified atom stereocenters. The van der Waals surface area contributed by atoms with Gasteiger partial charge in [0.2, 0.25) is 0 Å². The van der Waals surface area contributed by atoms with E-state index in [0.29, 0.717) is 38.2 Å². The van der Waals surface area contributed by atoms with Crippen molar-refractivity contribution in [1.29, 1.82) is 0 Å². The highest BCUT2D eigenvalue weighted by Crippen LogP contribution is 2.22. The maximum absolute atomic E-state index is 12.3. The number of amides is 1. The first-order valence-corrected chi connectivity index (χ1v) is 7.23. The highest BCUT2D eigenvalue weighted by Gasteiger charge is 2.34. The molecule has 0 aliphatic carbocycles. The molecule has 7 heteroatoms. The van der Waals surface area contributed by atoms with Gasteiger partial charge < -0.3 is 11.1 Å². The molecule has 0 radical (unpaired) electrons. The number of nitrogens with one attached hydrogen (secondary N) is 1. The lowest BCUT2D eigenvalue weighted by atomic mass is 10.1. The van der Waals surface area contributed by atoms with Crippen molar-refractivity contribution in [2.45, 2.75) is 19.1 Å². The fraction of sp³-hybridized carbons (Fsp3) is 0.533. The number of hydrogen-bond donors (Lipinski definition) is 2. The zero-order valence-corrected chi connectivity index (χ0v) is 12.2. The van der Waals surface area contributed by atoms with Gasteiger partial charge in [-0.2, -0.15) is 13.2 Å². The van der Waals surface area contributed by atoms with Gasteiger partial charge in [0.25, 0.3) is 5.91 Å². The molecule has 1 atom stereocenters. The summed E-state index contributed by atoms with van der Waals surface area (Å²) in [5, 5.41) is 2.78. The molecule has 1 amide bonds. The highest BCUT2D eigenvalue weighted by molar-refractivity contribution is 5.94. The van der Waals surface area contributed by atoms with Crippen LogP contribution in [0, 0.1) is 5.92 Å². The molecule has 1 aliphatic rings. The summed E-state index contributed by atoms with van der Waals surface area (Å²) >= 11 is 0. The van der Waals surface area contributed by atoms with Crippen molar-refractivity contribution >= 4 is 5.91 Å². The van der Waals surface area contributed by atoms with E-state index < -0.39 is 12.7 Å². The Morgan fingerprint density at radius 1 is 1.32 bits per heavy atom. The molecule has 0 bridgehead atoms. The normalized spacial score (nSPS) is 19.4. The van der Waals surface area contributed by atoms with Crippen molar-refractivity contribution in [2.24, 2.45) is 11.7 Å². The zero-order valence-electron chi connectivity index (χ0n) is 12.2. The largest absolute Gasteiger partial charge is 0.401 e. The van der Waals surface area contributed by atoms with Crippen LogP contribution in [0.25, 0.3) is 0 Å². The first-order valence-electron chi connectivity index (χ1n) is 7.23. The van der Waals surface area contributed by atoms with Crippen LogP contribution in [0.4, 0.5) is 13.2 Å². The van der Waals surface area contributed by atoms with Gasteiger partial charge in [0.05, 0.1) is 6.54 Å². The number of likely N-dealkylation sites (tertiary alicyclic amines) is 1. The van der Waals surface area contributed by atoms with E-state index in [4.69, 9.17) is 5.73 Å². The Bertz CT molecular complexity index is 502. The third-order valence-electron chi connectivity index (χ3n) is 3.78. The quantitative estimate of drug-likeness (QED) is 0.870. The minimum absolute atomic E-state index is 0.0645. The van der Waals surface area contributed by atoms with E-state index in [9.17, 15) is 18.0 Å². The van der Waals surface area contributed by atoms with Gasteiger partial charge in [-0.1, -0.05) is 12.1 Å². The number of nitrogens with zero attached hydrogens (tertiary/aromatic N) is 1. The Balaban J connectivity index is 1.77. The van der Waals surface area contributed by atoms with E-state index >= 15 is 0 Å². The standard InChI is InChI=1S/C15H20F3N3O/c16-15(17,18)10-21-6-5-12(9-21)8-20-14(22)13-3-1-11(7-19)2-4-13/h1-4,12H,5-10,19H2,(H,20,22). The fourth-order valence-corrected chi connectivity index (χ4v) is 2.61. The summed E-state index contributed by atoms with van der Waals surface area (Å²) in [7, 11) is 0. The van der Waals surface area contributed by atoms with E-state index in [0.717, 1.165) is 5.56 Å². The molecule has 0 aromatic heterocycles. The number of rotatable bonds is 5. The highest BCUT2D eigenvalue weighted by atomic mass is 19.4. The first kappa shape index (κ1) is 16.8. The Morgan fingerprint density at radius 2 is 2.00 bits per heavy atom. The summed E-state index contributed by atoms with van der Waals surface area (Å²) in [5.41, 5.74) is 6.96. The molecule has 2 rings (SSSR count). The third kappa shape index (κ3) is 4.99. The van der Waals surface area contributed by atoms with Crippen LogP contribution < -0.4 is 11.1 Å². The van der Waals surface area contributed by atoms with Crippen molar-refractivity contribution in [1.82, 2.24) is 10.2 Å². The van der Waals surface area contributed by atoms with Gasteiger partial charge in [0.1, 0.15) is 0 Å². The maximum atomic E-state index is 12.3. The summed E-state index contributed by atoms with van der Waals surface area (Å²) < 4.78 is 36.9. The number of alkyl halides is 3. The van der Waals surface area contributed by atoms with E-state index in [1.807, 2.05) is 0 Å². The van der Waals surface area contributed by atoms with Crippen LogP contribution in [-0.4, -0.2) is 43.2 Å². The monoisotopic (exact) mass is 315 g/mol. The topological polar surface area (TPSA) is 58.4 Å². The lowest BCUT2D eigenvalue weighted by molar-refractivity contribution is -0.143. The predicted octanol–water partition coefficient (Wildman–Crippen LogP) is 1.76. The number of carbonyl (C=O) groups is 1. The summed E-state index contributed by atoms with van der Waals surface area (Å²) in [6.45, 7) is 0.722. The van der Waals surface area contributed by atoms with Crippen LogP contribution in [0.5, 0.6) is 0 Å². The van der Waals surface area contributed by atoms with E-state index in [1.54, 1.807) is 24.3 Å². The molecule has 1 saturated heterocycles. The average molecular weight is 315 g/mol. The molecule has 122 valence electrons. The summed E-state index contributed by atoms with van der Waals surface area (Å²) in [6.07, 6.45) is -3.49. The molecule has 3 N–H and O–H groups in total. The molecule has 1 heterocycles. The maximum Gasteiger partial charge on any atom is 0.401 e. The lowest BCUT2D eigenvalue weighted by Crippen LogP contribution is -2.34. The molecule has 0 spiro atoms. The second-order valence-electron chi connectivity index (χ2n) is 5.62. The van der Waals surface area contributed by atoms with Crippen molar-refractivity contribution < 1.29 is 18.0 Å². The van der Waals surface area contributed by atoms with Crippen LogP contribution in [0.2, 0.25) is 0 Å². The van der Waals surface area contributed by atoms with Crippen LogP contribution in [0.3, 0.4) is 0 Å². The number of hydrogen-bond acceptors (Lipinski definition) is 3. The van der Waals surface area contributed by atoms with Gasteiger partial charge in [-0.15, -0.1) is 0 Å². The van der Waals surface area contributed by atoms with Gasteiger partial charge in [0, 0.05) is 25.2 Å². The molecule has 0 saturated carbocycles. The van der Waals surface area contributed by atoms with E-state index in [-0.39, 0.29) is 11.8 Å². The lowest BCUT2D eigenvalue weighted by Gasteiger charge is -2.18. The smallest absolute Gasteiger partial charge is 0.352 e. The van der Waals surface area contributed by atoms with Crippen LogP contribution in [0.15, 0.2) is 24.3 Å². The Hall–Kier alpha value is -1.60. The van der Waals surface area contributed by atoms with Crippen LogP contribution in [0.1, 0.15) is 22.3 Å². The number of carbonyl (C=O) groups excluding carboxylic acids is 1. The predicted molar refractivity (Wildman–Crippen MR) is 77.3 cm³/mol. The van der Waals surface area contributed by atoms with Gasteiger partial charge in [-0.25, -0.2) is 0 Å². The molecule has 1 aromatic carbocycles. The van der Waals surface area contributed by atoms with E-state index in [2.05, 4.69) is 5.32 Å². The summed E-state index contributed by atoms with van der Waals surface area (Å²) in [6, 6.07) is 6.97. The first-order chi connectivity index (χ1) is 10.4. The van der Waals surface area contributed by atoms with Gasteiger partial charge in [-0.05, 0) is 36.6 Å². The summed E-state index contributed by atoms with van der Waals surface area (Å²) in [4.78, 5) is 13.4. The van der Waals surface area contributed by atoms with Gasteiger partial charge >= 0.3 is 6.18 Å². The Morgan fingerprint density at radius 3 is 2.59 bits per heavy atom. The molecule has 1 aliphatic heterocycles. The summed E-state index contributed by atoms with van der Waals surface area (Å²) in [5.74, 6) is -0.146. The molecule has 4 nitrogen and oxygen atoms in total. The average Bonchev–Trinajstić information content (AvgIpc) is 2.90. The van der Waals surface area contributed by atoms with Crippen molar-refractivity contribution in [3.63, 3.8) is 0 Å². The number of benzene rings is 1. The van der Waals surface area contributed by atoms with Crippen molar-refractivity contribution in [3.8, 4) is 0 Å². The molecular weight excluding hydrogens is 295 g/mol. The Kier molecular flexibility index (Phi) is 5.42. The fourth-order valence-electron chi connectivity index (χ4n) is 2.61. The number of nitrogens with two attached hydrogens (primary N) is 1.